The second kappa shape index (κ2) is 28.2. The number of rotatable bonds is 12. The van der Waals surface area contributed by atoms with Crippen LogP contribution in [-0.4, -0.2) is 59.6 Å². The topological polar surface area (TPSA) is 391 Å². The average molecular weight is 1470 g/mol. The molecular weight excluding hydrogens is 1410 g/mol. The molecule has 16 bridgehead atoms. The van der Waals surface area contributed by atoms with Gasteiger partial charge >= 0.3 is 0 Å². The van der Waals surface area contributed by atoms with Gasteiger partial charge in [-0.2, -0.15) is 0 Å². The van der Waals surface area contributed by atoms with E-state index in [1.165, 1.54) is 48.5 Å². The molecule has 0 saturated heterocycles. The number of non-ortho nitro benzene ring substituents is 4. The van der Waals surface area contributed by atoms with Crippen molar-refractivity contribution in [1.82, 2.24) is 39.9 Å². The Hall–Kier alpha value is -16.2. The van der Waals surface area contributed by atoms with Gasteiger partial charge in [-0.15, -0.1) is 0 Å². The second-order valence-corrected chi connectivity index (χ2v) is 26.7. The van der Waals surface area contributed by atoms with Crippen LogP contribution < -0.4 is 22.9 Å². The molecule has 0 fully saturated rings. The van der Waals surface area contributed by atoms with Crippen LogP contribution in [0.15, 0.2) is 243 Å². The van der Waals surface area contributed by atoms with E-state index in [2.05, 4.69) is 68.5 Å². The molecular formula is C88H60N16O8. The van der Waals surface area contributed by atoms with Gasteiger partial charge in [0.15, 0.2) is 0 Å². The van der Waals surface area contributed by atoms with Gasteiger partial charge in [0.2, 0.25) is 0 Å². The first-order valence-electron chi connectivity index (χ1n) is 35.2. The summed E-state index contributed by atoms with van der Waals surface area (Å²) in [7, 11) is 0. The predicted molar refractivity (Wildman–Crippen MR) is 445 cm³/mol. The van der Waals surface area contributed by atoms with Crippen molar-refractivity contribution in [2.24, 2.45) is 0 Å². The zero-order chi connectivity index (χ0) is 77.0. The maximum Gasteiger partial charge on any atom is 0.269 e. The lowest BCUT2D eigenvalue weighted by Gasteiger charge is -2.07. The third-order valence-corrected chi connectivity index (χ3v) is 19.8. The molecule has 24 heteroatoms. The molecule has 0 aliphatic carbocycles. The van der Waals surface area contributed by atoms with Crippen molar-refractivity contribution < 1.29 is 19.7 Å². The van der Waals surface area contributed by atoms with Gasteiger partial charge in [-0.25, -0.2) is 19.9 Å². The molecule has 540 valence electrons. The van der Waals surface area contributed by atoms with Crippen LogP contribution in [0.3, 0.4) is 0 Å². The molecule has 6 aromatic heterocycles. The Morgan fingerprint density at radius 1 is 0.196 bits per heavy atom. The van der Waals surface area contributed by atoms with Crippen molar-refractivity contribution in [3.8, 4) is 89.0 Å². The number of nitro groups is 4. The molecule has 0 saturated carbocycles. The van der Waals surface area contributed by atoms with E-state index in [0.717, 1.165) is 89.4 Å². The Kier molecular flexibility index (Phi) is 17.4. The Bertz CT molecular complexity index is 5950. The number of nitro benzene ring substituents is 4. The quantitative estimate of drug-likeness (QED) is 0.0320. The summed E-state index contributed by atoms with van der Waals surface area (Å²) >= 11 is 0. The first-order valence-corrected chi connectivity index (χ1v) is 35.2. The number of nitrogens with two attached hydrogens (primary N) is 4. The average Bonchev–Trinajstić information content (AvgIpc) is 1.61. The smallest absolute Gasteiger partial charge is 0.269 e. The number of H-pyrrole nitrogens is 4. The Labute approximate surface area is 635 Å². The molecule has 24 nitrogen and oxygen atoms in total. The van der Waals surface area contributed by atoms with Crippen LogP contribution in [0.4, 0.5) is 45.5 Å². The van der Waals surface area contributed by atoms with Crippen molar-refractivity contribution in [1.29, 1.82) is 0 Å². The Morgan fingerprint density at radius 3 is 0.446 bits per heavy atom. The number of hydrogen-bond donors (Lipinski definition) is 8. The van der Waals surface area contributed by atoms with Crippen molar-refractivity contribution in [3.63, 3.8) is 0 Å². The fourth-order valence-electron chi connectivity index (χ4n) is 14.4. The number of hydrogen-bond acceptors (Lipinski definition) is 16. The minimum atomic E-state index is -0.480. The minimum Gasteiger partial charge on any atom is -0.399 e. The summed E-state index contributed by atoms with van der Waals surface area (Å²) in [5.74, 6) is 0. The van der Waals surface area contributed by atoms with Crippen molar-refractivity contribution in [2.75, 3.05) is 22.9 Å². The highest BCUT2D eigenvalue weighted by Crippen LogP contribution is 2.43. The standard InChI is InChI=1S/C44H26N8O8.C44H34N8/c53-49(54)29-9-1-25(2-10-29)41-33-17-19-35(45-33)42(26-3-11-30(12-4-26)50(55)56)37-21-23-39(47-37)44(28-7-15-32(16-8-28)52(59)60)40-24-22-38(48-40)43(36-20-18-34(41)46-36)27-5-13-31(14-6-27)51(57)58;45-29-9-1-25(2-10-29)41-33-17-19-35(49-33)42(26-3-11-30(46)12-4-26)37-21-23-39(51-37)44(28-7-15-32(48)16-8-28)40-24-22-38(52-40)43(36-20-18-34(41)50-36)27-5-13-31(47)14-6-27/h1-24,45,48H;1-24,49,52H,45-48H2. The third-order valence-electron chi connectivity index (χ3n) is 19.8. The summed E-state index contributed by atoms with van der Waals surface area (Å²) in [6.07, 6.45) is 15.6. The van der Waals surface area contributed by atoms with Crippen molar-refractivity contribution in [2.45, 2.75) is 0 Å². The fourth-order valence-corrected chi connectivity index (χ4v) is 14.4. The van der Waals surface area contributed by atoms with E-state index in [1.54, 1.807) is 48.5 Å². The molecule has 4 aliphatic heterocycles. The molecule has 0 amide bonds. The lowest BCUT2D eigenvalue weighted by atomic mass is 10.0. The molecule has 4 aliphatic rings. The van der Waals surface area contributed by atoms with Crippen LogP contribution in [0, 0.1) is 40.5 Å². The van der Waals surface area contributed by atoms with Gasteiger partial charge in [0.25, 0.3) is 22.7 Å². The molecule has 12 N–H and O–H groups in total. The lowest BCUT2D eigenvalue weighted by Crippen LogP contribution is -1.92. The SMILES string of the molecule is Nc1ccc(-c2c3nc(c(-c4ccc(N)cc4)c4ccc([nH]4)c(-c4ccc(N)cc4)c4nc(c(-c5ccc(N)cc5)c5ccc2[nH]5)C=C4)C=C3)cc1.O=[N+]([O-])c1ccc(-c2c3nc(c(-c4ccc([N+](=O)[O-])cc4)c4ccc([nH]4)c(-c4ccc([N+](=O)[O-])cc4)c4nc(c(-c5ccc([N+](=O)[O-])cc5)c5ccc2[nH]5)C=C4)C=C3)cc1. The monoisotopic (exact) mass is 1470 g/mol. The number of aromatic nitrogens is 8. The van der Waals surface area contributed by atoms with E-state index in [0.29, 0.717) is 112 Å². The largest absolute Gasteiger partial charge is 0.399 e. The molecule has 0 unspecified atom stereocenters. The number of nitrogens with one attached hydrogen (secondary N) is 4. The summed E-state index contributed by atoms with van der Waals surface area (Å²) in [6, 6.07) is 71.7. The van der Waals surface area contributed by atoms with Crippen molar-refractivity contribution in [3.05, 3.63) is 329 Å². The van der Waals surface area contributed by atoms with E-state index >= 15 is 0 Å². The van der Waals surface area contributed by atoms with Crippen LogP contribution in [-0.2, 0) is 0 Å². The van der Waals surface area contributed by atoms with E-state index in [9.17, 15) is 40.5 Å². The summed E-state index contributed by atoms with van der Waals surface area (Å²) in [5, 5.41) is 46.5. The normalized spacial score (nSPS) is 11.9. The summed E-state index contributed by atoms with van der Waals surface area (Å²) in [5.41, 5.74) is 50.9. The van der Waals surface area contributed by atoms with Gasteiger partial charge in [-0.05, 0) is 239 Å². The van der Waals surface area contributed by atoms with E-state index in [4.69, 9.17) is 42.9 Å². The molecule has 18 rings (SSSR count). The molecule has 0 spiro atoms. The Morgan fingerprint density at radius 2 is 0.321 bits per heavy atom. The highest BCUT2D eigenvalue weighted by Gasteiger charge is 2.24. The van der Waals surface area contributed by atoms with Crippen LogP contribution in [0.25, 0.3) is 182 Å². The van der Waals surface area contributed by atoms with Gasteiger partial charge in [-0.3, -0.25) is 40.5 Å². The molecule has 0 radical (unpaired) electrons. The zero-order valence-electron chi connectivity index (χ0n) is 58.9. The van der Waals surface area contributed by atoms with E-state index in [-0.39, 0.29) is 22.7 Å². The van der Waals surface area contributed by atoms with E-state index < -0.39 is 19.7 Å². The van der Waals surface area contributed by atoms with Crippen molar-refractivity contribution >= 4 is 138 Å². The second-order valence-electron chi connectivity index (χ2n) is 26.7. The van der Waals surface area contributed by atoms with E-state index in [1.807, 2.05) is 146 Å². The molecule has 10 heterocycles. The summed E-state index contributed by atoms with van der Waals surface area (Å²) < 4.78 is 0. The van der Waals surface area contributed by atoms with Gasteiger partial charge in [0, 0.05) is 160 Å². The maximum absolute atomic E-state index is 11.6. The van der Waals surface area contributed by atoms with Gasteiger partial charge in [0.05, 0.1) is 65.2 Å². The zero-order valence-corrected chi connectivity index (χ0v) is 58.9. The Balaban J connectivity index is 0.000000164. The van der Waals surface area contributed by atoms with Crippen LogP contribution in [0.1, 0.15) is 45.6 Å². The highest BCUT2D eigenvalue weighted by molar-refractivity contribution is 6.03. The highest BCUT2D eigenvalue weighted by atomic mass is 16.6. The number of aromatic amines is 4. The van der Waals surface area contributed by atoms with Gasteiger partial charge in [-0.1, -0.05) is 48.5 Å². The van der Waals surface area contributed by atoms with Crippen LogP contribution in [0.2, 0.25) is 0 Å². The number of fused-ring (bicyclic) bond motifs is 16. The molecule has 0 atom stereocenters. The fraction of sp³-hybridized carbons (Fsp3) is 0. The predicted octanol–water partition coefficient (Wildman–Crippen LogP) is 20.6. The molecule has 112 heavy (non-hydrogen) atoms. The third kappa shape index (κ3) is 13.1. The van der Waals surface area contributed by atoms with Gasteiger partial charge < -0.3 is 42.9 Å². The summed E-state index contributed by atoms with van der Waals surface area (Å²) in [4.78, 5) is 80.0. The lowest BCUT2D eigenvalue weighted by molar-refractivity contribution is -0.385. The first-order chi connectivity index (χ1) is 54.4. The molecule has 14 aromatic rings. The summed E-state index contributed by atoms with van der Waals surface area (Å²) in [6.45, 7) is 0. The number of nitrogen functional groups attached to an aromatic ring is 4. The number of benzene rings is 8. The minimum absolute atomic E-state index is 0.0935. The van der Waals surface area contributed by atoms with Gasteiger partial charge in [0.1, 0.15) is 0 Å². The molecule has 8 aromatic carbocycles. The number of anilines is 4. The number of nitrogens with zero attached hydrogens (tertiary/aromatic N) is 8. The first kappa shape index (κ1) is 68.8. The van der Waals surface area contributed by atoms with Crippen LogP contribution in [0.5, 0.6) is 0 Å². The maximum atomic E-state index is 11.6. The van der Waals surface area contributed by atoms with Crippen LogP contribution >= 0.6 is 0 Å².